The zero-order chi connectivity index (χ0) is 19.2. The number of thiophene rings is 1. The van der Waals surface area contributed by atoms with Gasteiger partial charge < -0.3 is 11.1 Å². The molecule has 27 heavy (non-hydrogen) atoms. The average molecular weight is 381 g/mol. The van der Waals surface area contributed by atoms with E-state index in [1.54, 1.807) is 24.3 Å². The van der Waals surface area contributed by atoms with Gasteiger partial charge >= 0.3 is 0 Å². The number of amides is 2. The molecule has 3 aromatic rings. The monoisotopic (exact) mass is 381 g/mol. The highest BCUT2D eigenvalue weighted by molar-refractivity contribution is 7.11. The SMILES string of the molecule is NC(=O)c1ccc(CNC(=O)C(=Cc2ccc(F)cc2)c2cccs2)cn1. The molecule has 0 bridgehead atoms. The summed E-state index contributed by atoms with van der Waals surface area (Å²) in [5, 5.41) is 4.72. The molecule has 5 nitrogen and oxygen atoms in total. The molecule has 0 unspecified atom stereocenters. The van der Waals surface area contributed by atoms with Crippen LogP contribution in [0.25, 0.3) is 11.6 Å². The molecule has 0 atom stereocenters. The third kappa shape index (κ3) is 4.86. The lowest BCUT2D eigenvalue weighted by Crippen LogP contribution is -2.23. The number of aromatic nitrogens is 1. The first-order valence-corrected chi connectivity index (χ1v) is 8.95. The summed E-state index contributed by atoms with van der Waals surface area (Å²) >= 11 is 1.44. The molecular formula is C20H16FN3O2S. The Morgan fingerprint density at radius 2 is 1.93 bits per heavy atom. The number of pyridine rings is 1. The van der Waals surface area contributed by atoms with Crippen molar-refractivity contribution in [3.8, 4) is 0 Å². The van der Waals surface area contributed by atoms with Crippen molar-refractivity contribution in [2.24, 2.45) is 5.73 Å². The zero-order valence-electron chi connectivity index (χ0n) is 14.2. The largest absolute Gasteiger partial charge is 0.364 e. The summed E-state index contributed by atoms with van der Waals surface area (Å²) < 4.78 is 13.1. The predicted molar refractivity (Wildman–Crippen MR) is 103 cm³/mol. The lowest BCUT2D eigenvalue weighted by atomic mass is 10.1. The van der Waals surface area contributed by atoms with Crippen molar-refractivity contribution in [2.45, 2.75) is 6.54 Å². The molecule has 3 rings (SSSR count). The first-order chi connectivity index (χ1) is 13.0. The van der Waals surface area contributed by atoms with Crippen LogP contribution in [0.5, 0.6) is 0 Å². The van der Waals surface area contributed by atoms with Gasteiger partial charge in [0.2, 0.25) is 0 Å². The molecule has 136 valence electrons. The van der Waals surface area contributed by atoms with Gasteiger partial charge in [0, 0.05) is 17.6 Å². The molecule has 0 radical (unpaired) electrons. The Balaban J connectivity index is 1.77. The van der Waals surface area contributed by atoms with E-state index in [4.69, 9.17) is 5.73 Å². The Labute approximate surface area is 159 Å². The number of primary amides is 1. The van der Waals surface area contributed by atoms with E-state index in [1.165, 1.54) is 35.7 Å². The summed E-state index contributed by atoms with van der Waals surface area (Å²) in [7, 11) is 0. The van der Waals surface area contributed by atoms with Crippen LogP contribution in [0.2, 0.25) is 0 Å². The number of benzene rings is 1. The van der Waals surface area contributed by atoms with Crippen LogP contribution in [-0.2, 0) is 11.3 Å². The van der Waals surface area contributed by atoms with Crippen LogP contribution in [-0.4, -0.2) is 16.8 Å². The molecule has 0 saturated carbocycles. The van der Waals surface area contributed by atoms with Crippen LogP contribution in [0.3, 0.4) is 0 Å². The molecule has 2 aromatic heterocycles. The van der Waals surface area contributed by atoms with E-state index in [1.807, 2.05) is 17.5 Å². The Kier molecular flexibility index (Phi) is 5.73. The third-order valence-electron chi connectivity index (χ3n) is 3.74. The van der Waals surface area contributed by atoms with Crippen LogP contribution in [0, 0.1) is 5.82 Å². The molecule has 0 aliphatic carbocycles. The number of carbonyl (C=O) groups is 2. The maximum absolute atomic E-state index is 13.1. The van der Waals surface area contributed by atoms with E-state index in [9.17, 15) is 14.0 Å². The first kappa shape index (κ1) is 18.5. The minimum Gasteiger partial charge on any atom is -0.364 e. The van der Waals surface area contributed by atoms with Crippen LogP contribution < -0.4 is 11.1 Å². The molecule has 2 amide bonds. The standard InChI is InChI=1S/C20H16FN3O2S/c21-15-6-3-13(4-7-15)10-16(18-2-1-9-27-18)20(26)24-12-14-5-8-17(19(22)25)23-11-14/h1-11H,12H2,(H2,22,25)(H,24,26). The van der Waals surface area contributed by atoms with Gasteiger partial charge in [0.05, 0.1) is 5.57 Å². The number of nitrogens with zero attached hydrogens (tertiary/aromatic N) is 1. The van der Waals surface area contributed by atoms with Gasteiger partial charge in [-0.05, 0) is 46.8 Å². The van der Waals surface area contributed by atoms with Crippen molar-refractivity contribution in [3.63, 3.8) is 0 Å². The summed E-state index contributed by atoms with van der Waals surface area (Å²) in [5.41, 5.74) is 7.27. The van der Waals surface area contributed by atoms with Crippen molar-refractivity contribution in [1.82, 2.24) is 10.3 Å². The van der Waals surface area contributed by atoms with Gasteiger partial charge in [-0.3, -0.25) is 14.6 Å². The number of carbonyl (C=O) groups excluding carboxylic acids is 2. The number of hydrogen-bond donors (Lipinski definition) is 2. The molecule has 0 aliphatic rings. The van der Waals surface area contributed by atoms with Crippen molar-refractivity contribution in [3.05, 3.63) is 87.6 Å². The highest BCUT2D eigenvalue weighted by Gasteiger charge is 2.13. The minimum absolute atomic E-state index is 0.167. The van der Waals surface area contributed by atoms with Crippen molar-refractivity contribution >= 4 is 34.8 Å². The second-order valence-electron chi connectivity index (χ2n) is 5.69. The highest BCUT2D eigenvalue weighted by Crippen LogP contribution is 2.23. The fourth-order valence-corrected chi connectivity index (χ4v) is 3.10. The van der Waals surface area contributed by atoms with Gasteiger partial charge in [0.1, 0.15) is 11.5 Å². The van der Waals surface area contributed by atoms with Gasteiger partial charge in [-0.15, -0.1) is 11.3 Å². The van der Waals surface area contributed by atoms with E-state index in [0.717, 1.165) is 16.0 Å². The Bertz CT molecular complexity index is 965. The predicted octanol–water partition coefficient (Wildman–Crippen LogP) is 3.24. The van der Waals surface area contributed by atoms with Crippen LogP contribution in [0.4, 0.5) is 4.39 Å². The van der Waals surface area contributed by atoms with Gasteiger partial charge in [-0.2, -0.15) is 0 Å². The van der Waals surface area contributed by atoms with E-state index >= 15 is 0 Å². The minimum atomic E-state index is -0.604. The summed E-state index contributed by atoms with van der Waals surface area (Å²) in [4.78, 5) is 28.5. The second kappa shape index (κ2) is 8.37. The normalized spacial score (nSPS) is 11.2. The Hall–Kier alpha value is -3.32. The summed E-state index contributed by atoms with van der Waals surface area (Å²) in [6.45, 7) is 0.247. The fourth-order valence-electron chi connectivity index (χ4n) is 2.36. The maximum atomic E-state index is 13.1. The van der Waals surface area contributed by atoms with Crippen molar-refractivity contribution in [2.75, 3.05) is 0 Å². The molecule has 2 heterocycles. The number of nitrogens with two attached hydrogens (primary N) is 1. The van der Waals surface area contributed by atoms with Crippen molar-refractivity contribution < 1.29 is 14.0 Å². The molecular weight excluding hydrogens is 365 g/mol. The summed E-state index contributed by atoms with van der Waals surface area (Å²) in [6, 6.07) is 12.8. The summed E-state index contributed by atoms with van der Waals surface area (Å²) in [6.07, 6.45) is 3.21. The number of rotatable bonds is 6. The van der Waals surface area contributed by atoms with Gasteiger partial charge in [-0.25, -0.2) is 4.39 Å². The number of nitrogens with one attached hydrogen (secondary N) is 1. The molecule has 7 heteroatoms. The van der Waals surface area contributed by atoms with Crippen LogP contribution in [0.15, 0.2) is 60.1 Å². The molecule has 0 fully saturated rings. The second-order valence-corrected chi connectivity index (χ2v) is 6.63. The topological polar surface area (TPSA) is 85.1 Å². The molecule has 0 aliphatic heterocycles. The lowest BCUT2D eigenvalue weighted by molar-refractivity contribution is -0.115. The van der Waals surface area contributed by atoms with E-state index in [-0.39, 0.29) is 24.0 Å². The molecule has 0 spiro atoms. The molecule has 1 aromatic carbocycles. The number of hydrogen-bond acceptors (Lipinski definition) is 4. The lowest BCUT2D eigenvalue weighted by Gasteiger charge is -2.08. The Morgan fingerprint density at radius 3 is 2.52 bits per heavy atom. The first-order valence-electron chi connectivity index (χ1n) is 8.07. The van der Waals surface area contributed by atoms with E-state index < -0.39 is 5.91 Å². The molecule has 3 N–H and O–H groups in total. The zero-order valence-corrected chi connectivity index (χ0v) is 15.0. The van der Waals surface area contributed by atoms with Gasteiger partial charge in [0.25, 0.3) is 11.8 Å². The van der Waals surface area contributed by atoms with Crippen LogP contribution in [0.1, 0.15) is 26.5 Å². The fraction of sp³-hybridized carbons (Fsp3) is 0.0500. The summed E-state index contributed by atoms with van der Waals surface area (Å²) in [5.74, 6) is -1.20. The van der Waals surface area contributed by atoms with Crippen LogP contribution >= 0.6 is 11.3 Å². The Morgan fingerprint density at radius 1 is 1.15 bits per heavy atom. The highest BCUT2D eigenvalue weighted by atomic mass is 32.1. The molecule has 0 saturated heterocycles. The smallest absolute Gasteiger partial charge is 0.267 e. The average Bonchev–Trinajstić information content (AvgIpc) is 3.20. The number of halogens is 1. The van der Waals surface area contributed by atoms with E-state index in [0.29, 0.717) is 5.57 Å². The third-order valence-corrected chi connectivity index (χ3v) is 4.65. The van der Waals surface area contributed by atoms with Crippen molar-refractivity contribution in [1.29, 1.82) is 0 Å². The maximum Gasteiger partial charge on any atom is 0.267 e. The van der Waals surface area contributed by atoms with Gasteiger partial charge in [0.15, 0.2) is 0 Å². The van der Waals surface area contributed by atoms with Gasteiger partial charge in [-0.1, -0.05) is 24.3 Å². The quantitative estimate of drug-likeness (QED) is 0.643. The van der Waals surface area contributed by atoms with E-state index in [2.05, 4.69) is 10.3 Å².